The third kappa shape index (κ3) is 5.41. The molecule has 0 aromatic heterocycles. The molecule has 3 amide bonds. The number of Topliss-reactive ketones (excluding diaryl/α,β-unsaturated/α-hetero) is 1. The lowest BCUT2D eigenvalue weighted by molar-refractivity contribution is 0.00873. The van der Waals surface area contributed by atoms with Crippen molar-refractivity contribution in [1.82, 2.24) is 5.32 Å². The minimum Gasteiger partial charge on any atom is -0.497 e. The molecule has 33 heavy (non-hydrogen) atoms. The van der Waals surface area contributed by atoms with Gasteiger partial charge in [0.05, 0.1) is 26.4 Å². The molecule has 174 valence electrons. The molecule has 0 bridgehead atoms. The number of benzene rings is 2. The number of carbonyl (C=O) groups excluding carboxylic acids is 3. The van der Waals surface area contributed by atoms with Crippen LogP contribution in [-0.4, -0.2) is 62.6 Å². The van der Waals surface area contributed by atoms with Gasteiger partial charge in [-0.15, -0.1) is 0 Å². The molecule has 10 nitrogen and oxygen atoms in total. The largest absolute Gasteiger partial charge is 0.497 e. The van der Waals surface area contributed by atoms with Crippen LogP contribution in [0.15, 0.2) is 48.5 Å². The van der Waals surface area contributed by atoms with E-state index in [1.54, 1.807) is 55.6 Å². The molecular weight excluding hydrogens is 430 g/mol. The summed E-state index contributed by atoms with van der Waals surface area (Å²) in [6.07, 6.45) is -2.24. The molecule has 0 aliphatic carbocycles. The Morgan fingerprint density at radius 1 is 0.939 bits per heavy atom. The highest BCUT2D eigenvalue weighted by Crippen LogP contribution is 2.29. The van der Waals surface area contributed by atoms with Crippen LogP contribution in [0.5, 0.6) is 5.75 Å². The minimum atomic E-state index is -0.679. The number of anilines is 2. The lowest BCUT2D eigenvalue weighted by atomic mass is 10.1. The number of nitrogens with one attached hydrogen (secondary N) is 3. The summed E-state index contributed by atoms with van der Waals surface area (Å²) in [4.78, 5) is 36.2. The highest BCUT2D eigenvalue weighted by molar-refractivity contribution is 5.96. The number of ether oxygens (including phenoxy) is 4. The molecule has 0 saturated carbocycles. The number of amides is 3. The number of fused-ring (bicyclic) bond motifs is 1. The molecule has 2 aromatic carbocycles. The summed E-state index contributed by atoms with van der Waals surface area (Å²) >= 11 is 0. The monoisotopic (exact) mass is 455 g/mol. The van der Waals surface area contributed by atoms with Gasteiger partial charge in [-0.05, 0) is 43.3 Å². The SMILES string of the molecule is COc1ccc(NC(=O)NC2COC3C(OC(=O)Nc4cccc(C(C)=O)c4)COC23)cc1. The Morgan fingerprint density at radius 3 is 2.42 bits per heavy atom. The van der Waals surface area contributed by atoms with Crippen LogP contribution in [0.4, 0.5) is 21.0 Å². The van der Waals surface area contributed by atoms with E-state index in [1.807, 2.05) is 0 Å². The molecule has 10 heteroatoms. The number of hydrogen-bond donors (Lipinski definition) is 3. The van der Waals surface area contributed by atoms with Crippen molar-refractivity contribution in [3.8, 4) is 5.75 Å². The third-order valence-electron chi connectivity index (χ3n) is 5.45. The Kier molecular flexibility index (Phi) is 6.76. The average molecular weight is 455 g/mol. The van der Waals surface area contributed by atoms with E-state index in [1.165, 1.54) is 6.92 Å². The van der Waals surface area contributed by atoms with Crippen LogP contribution in [0.25, 0.3) is 0 Å². The van der Waals surface area contributed by atoms with Crippen LogP contribution in [0.3, 0.4) is 0 Å². The van der Waals surface area contributed by atoms with Gasteiger partial charge in [-0.3, -0.25) is 10.1 Å². The molecular formula is C23H25N3O7. The summed E-state index contributed by atoms with van der Waals surface area (Å²) in [6.45, 7) is 1.83. The second-order valence-corrected chi connectivity index (χ2v) is 7.74. The van der Waals surface area contributed by atoms with Gasteiger partial charge in [0.2, 0.25) is 0 Å². The van der Waals surface area contributed by atoms with Crippen LogP contribution in [0, 0.1) is 0 Å². The van der Waals surface area contributed by atoms with Crippen LogP contribution in [-0.2, 0) is 14.2 Å². The van der Waals surface area contributed by atoms with E-state index < -0.39 is 36.5 Å². The van der Waals surface area contributed by atoms with Crippen molar-refractivity contribution < 1.29 is 33.3 Å². The summed E-state index contributed by atoms with van der Waals surface area (Å²) in [6, 6.07) is 12.7. The number of carbonyl (C=O) groups is 3. The van der Waals surface area contributed by atoms with Crippen molar-refractivity contribution in [3.63, 3.8) is 0 Å². The van der Waals surface area contributed by atoms with Crippen LogP contribution in [0.2, 0.25) is 0 Å². The predicted molar refractivity (Wildman–Crippen MR) is 119 cm³/mol. The smallest absolute Gasteiger partial charge is 0.412 e. The van der Waals surface area contributed by atoms with Gasteiger partial charge in [-0.25, -0.2) is 9.59 Å². The van der Waals surface area contributed by atoms with Crippen LogP contribution >= 0.6 is 0 Å². The first-order chi connectivity index (χ1) is 15.9. The van der Waals surface area contributed by atoms with Crippen molar-refractivity contribution >= 4 is 29.3 Å². The van der Waals surface area contributed by atoms with Gasteiger partial charge in [-0.2, -0.15) is 0 Å². The van der Waals surface area contributed by atoms with Crippen molar-refractivity contribution in [2.75, 3.05) is 31.0 Å². The maximum absolute atomic E-state index is 12.4. The van der Waals surface area contributed by atoms with E-state index in [2.05, 4.69) is 16.0 Å². The Labute approximate surface area is 190 Å². The first kappa shape index (κ1) is 22.6. The Bertz CT molecular complexity index is 1030. The lowest BCUT2D eigenvalue weighted by Gasteiger charge is -2.18. The zero-order valence-electron chi connectivity index (χ0n) is 18.2. The predicted octanol–water partition coefficient (Wildman–Crippen LogP) is 2.80. The summed E-state index contributed by atoms with van der Waals surface area (Å²) in [7, 11) is 1.57. The van der Waals surface area contributed by atoms with E-state index in [0.29, 0.717) is 22.7 Å². The standard InChI is InChI=1S/C23H25N3O7/c1-13(27)14-4-3-5-16(10-14)25-23(29)33-19-12-32-20-18(11-31-21(19)20)26-22(28)24-15-6-8-17(30-2)9-7-15/h3-10,18-21H,11-12H2,1-2H3,(H,25,29)(H2,24,26,28). The normalized spacial score (nSPS) is 23.3. The number of methoxy groups -OCH3 is 1. The Hall–Kier alpha value is -3.63. The molecule has 3 N–H and O–H groups in total. The topological polar surface area (TPSA) is 124 Å². The molecule has 4 unspecified atom stereocenters. The number of urea groups is 1. The van der Waals surface area contributed by atoms with E-state index >= 15 is 0 Å². The van der Waals surface area contributed by atoms with Gasteiger partial charge >= 0.3 is 12.1 Å². The Morgan fingerprint density at radius 2 is 1.70 bits per heavy atom. The van der Waals surface area contributed by atoms with Crippen LogP contribution < -0.4 is 20.7 Å². The zero-order valence-corrected chi connectivity index (χ0v) is 18.2. The van der Waals surface area contributed by atoms with Crippen molar-refractivity contribution in [3.05, 3.63) is 54.1 Å². The van der Waals surface area contributed by atoms with E-state index in [-0.39, 0.29) is 19.0 Å². The zero-order chi connectivity index (χ0) is 23.4. The molecule has 2 aliphatic rings. The second-order valence-electron chi connectivity index (χ2n) is 7.74. The van der Waals surface area contributed by atoms with Gasteiger partial charge in [0, 0.05) is 16.9 Å². The maximum Gasteiger partial charge on any atom is 0.412 e. The maximum atomic E-state index is 12.4. The molecule has 0 spiro atoms. The fourth-order valence-electron chi connectivity index (χ4n) is 3.80. The molecule has 4 rings (SSSR count). The molecule has 2 aromatic rings. The highest BCUT2D eigenvalue weighted by atomic mass is 16.6. The molecule has 4 atom stereocenters. The van der Waals surface area contributed by atoms with Gasteiger partial charge < -0.3 is 29.6 Å². The van der Waals surface area contributed by atoms with Gasteiger partial charge in [0.1, 0.15) is 18.0 Å². The summed E-state index contributed by atoms with van der Waals surface area (Å²) in [5.74, 6) is 0.585. The molecule has 2 aliphatic heterocycles. The van der Waals surface area contributed by atoms with Crippen molar-refractivity contribution in [2.24, 2.45) is 0 Å². The summed E-state index contributed by atoms with van der Waals surface area (Å²) in [5.41, 5.74) is 1.55. The van der Waals surface area contributed by atoms with E-state index in [4.69, 9.17) is 18.9 Å². The third-order valence-corrected chi connectivity index (χ3v) is 5.45. The number of ketones is 1. The first-order valence-corrected chi connectivity index (χ1v) is 10.5. The fraction of sp³-hybridized carbons (Fsp3) is 0.348. The lowest BCUT2D eigenvalue weighted by Crippen LogP contribution is -2.46. The average Bonchev–Trinajstić information content (AvgIpc) is 3.37. The molecule has 0 radical (unpaired) electrons. The summed E-state index contributed by atoms with van der Waals surface area (Å²) < 4.78 is 22.1. The van der Waals surface area contributed by atoms with E-state index in [0.717, 1.165) is 0 Å². The molecule has 2 heterocycles. The first-order valence-electron chi connectivity index (χ1n) is 10.5. The Balaban J connectivity index is 1.27. The number of rotatable bonds is 6. The second kappa shape index (κ2) is 9.88. The van der Waals surface area contributed by atoms with Crippen molar-refractivity contribution in [1.29, 1.82) is 0 Å². The van der Waals surface area contributed by atoms with Crippen molar-refractivity contribution in [2.45, 2.75) is 31.3 Å². The highest BCUT2D eigenvalue weighted by Gasteiger charge is 2.50. The summed E-state index contributed by atoms with van der Waals surface area (Å²) in [5, 5.41) is 8.20. The quantitative estimate of drug-likeness (QED) is 0.572. The fourth-order valence-corrected chi connectivity index (χ4v) is 3.80. The van der Waals surface area contributed by atoms with Gasteiger partial charge in [-0.1, -0.05) is 12.1 Å². The van der Waals surface area contributed by atoms with E-state index in [9.17, 15) is 14.4 Å². The number of hydrogen-bond acceptors (Lipinski definition) is 7. The van der Waals surface area contributed by atoms with Gasteiger partial charge in [0.25, 0.3) is 0 Å². The minimum absolute atomic E-state index is 0.104. The van der Waals surface area contributed by atoms with Crippen LogP contribution in [0.1, 0.15) is 17.3 Å². The molecule has 2 saturated heterocycles. The van der Waals surface area contributed by atoms with Gasteiger partial charge in [0.15, 0.2) is 11.9 Å². The molecule has 2 fully saturated rings.